The standard InChI is InChI=1S/C27H24F3N3O4/c1-16(37-24-8-6-19(28)14-22(24)25(31)34)17-3-2-4-18(13-17)26(35)32-9-11-33(12-10-32)27(36)21-7-5-20(29)15-23(21)30/h2-8,13-16H,9-12H2,1H3,(H2,31,34). The molecule has 4 rings (SSSR count). The zero-order valence-electron chi connectivity index (χ0n) is 19.9. The first kappa shape index (κ1) is 25.7. The number of ether oxygens (including phenoxy) is 1. The third-order valence-electron chi connectivity index (χ3n) is 6.13. The van der Waals surface area contributed by atoms with Crippen molar-refractivity contribution in [3.05, 3.63) is 100 Å². The van der Waals surface area contributed by atoms with Gasteiger partial charge in [0.25, 0.3) is 17.7 Å². The molecule has 7 nitrogen and oxygen atoms in total. The van der Waals surface area contributed by atoms with Crippen molar-refractivity contribution in [2.75, 3.05) is 26.2 Å². The molecular formula is C27H24F3N3O4. The highest BCUT2D eigenvalue weighted by molar-refractivity contribution is 5.96. The summed E-state index contributed by atoms with van der Waals surface area (Å²) in [5.74, 6) is -3.84. The van der Waals surface area contributed by atoms with Gasteiger partial charge < -0.3 is 20.3 Å². The van der Waals surface area contributed by atoms with Crippen LogP contribution in [0.15, 0.2) is 60.7 Å². The summed E-state index contributed by atoms with van der Waals surface area (Å²) in [7, 11) is 0. The number of rotatable bonds is 6. The van der Waals surface area contributed by atoms with E-state index in [9.17, 15) is 27.6 Å². The lowest BCUT2D eigenvalue weighted by atomic mass is 10.1. The van der Waals surface area contributed by atoms with E-state index in [0.29, 0.717) is 17.2 Å². The van der Waals surface area contributed by atoms with Crippen molar-refractivity contribution in [3.8, 4) is 5.75 Å². The van der Waals surface area contributed by atoms with Crippen molar-refractivity contribution >= 4 is 17.7 Å². The Morgan fingerprint density at radius 2 is 1.43 bits per heavy atom. The van der Waals surface area contributed by atoms with Gasteiger partial charge in [-0.3, -0.25) is 14.4 Å². The van der Waals surface area contributed by atoms with E-state index in [-0.39, 0.29) is 49.0 Å². The van der Waals surface area contributed by atoms with Crippen LogP contribution in [0.3, 0.4) is 0 Å². The zero-order chi connectivity index (χ0) is 26.7. The Labute approximate surface area is 211 Å². The highest BCUT2D eigenvalue weighted by Crippen LogP contribution is 2.27. The van der Waals surface area contributed by atoms with Crippen molar-refractivity contribution in [1.82, 2.24) is 9.80 Å². The highest BCUT2D eigenvalue weighted by atomic mass is 19.1. The summed E-state index contributed by atoms with van der Waals surface area (Å²) >= 11 is 0. The summed E-state index contributed by atoms with van der Waals surface area (Å²) < 4.78 is 46.5. The Morgan fingerprint density at radius 1 is 0.811 bits per heavy atom. The third-order valence-corrected chi connectivity index (χ3v) is 6.13. The minimum atomic E-state index is -0.930. The van der Waals surface area contributed by atoms with Crippen LogP contribution in [0.4, 0.5) is 13.2 Å². The average Bonchev–Trinajstić information content (AvgIpc) is 2.89. The molecule has 0 bridgehead atoms. The average molecular weight is 512 g/mol. The van der Waals surface area contributed by atoms with Crippen molar-refractivity contribution in [2.24, 2.45) is 5.73 Å². The van der Waals surface area contributed by atoms with Crippen LogP contribution in [0, 0.1) is 17.5 Å². The Kier molecular flexibility index (Phi) is 7.47. The van der Waals surface area contributed by atoms with E-state index in [0.717, 1.165) is 24.3 Å². The first-order valence-electron chi connectivity index (χ1n) is 11.5. The number of carbonyl (C=O) groups excluding carboxylic acids is 3. The second kappa shape index (κ2) is 10.7. The van der Waals surface area contributed by atoms with Gasteiger partial charge in [-0.15, -0.1) is 0 Å². The SMILES string of the molecule is CC(Oc1ccc(F)cc1C(N)=O)c1cccc(C(=O)N2CCN(C(=O)c3ccc(F)cc3F)CC2)c1. The smallest absolute Gasteiger partial charge is 0.256 e. The van der Waals surface area contributed by atoms with Crippen LogP contribution in [0.25, 0.3) is 0 Å². The number of nitrogens with two attached hydrogens (primary N) is 1. The van der Waals surface area contributed by atoms with Gasteiger partial charge in [-0.2, -0.15) is 0 Å². The van der Waals surface area contributed by atoms with E-state index >= 15 is 0 Å². The van der Waals surface area contributed by atoms with Crippen molar-refractivity contribution in [3.63, 3.8) is 0 Å². The maximum atomic E-state index is 14.0. The monoisotopic (exact) mass is 511 g/mol. The number of piperazine rings is 1. The normalized spacial score (nSPS) is 14.3. The predicted molar refractivity (Wildman–Crippen MR) is 129 cm³/mol. The topological polar surface area (TPSA) is 92.9 Å². The second-order valence-corrected chi connectivity index (χ2v) is 8.60. The number of amides is 3. The number of carbonyl (C=O) groups is 3. The predicted octanol–water partition coefficient (Wildman–Crippen LogP) is 3.94. The molecule has 2 N–H and O–H groups in total. The molecule has 3 aromatic carbocycles. The summed E-state index contributed by atoms with van der Waals surface area (Å²) in [6, 6.07) is 13.0. The molecule has 3 aromatic rings. The molecule has 1 fully saturated rings. The van der Waals surface area contributed by atoms with E-state index in [1.54, 1.807) is 36.1 Å². The van der Waals surface area contributed by atoms with Crippen LogP contribution >= 0.6 is 0 Å². The highest BCUT2D eigenvalue weighted by Gasteiger charge is 2.27. The molecule has 192 valence electrons. The first-order valence-corrected chi connectivity index (χ1v) is 11.5. The molecule has 0 aliphatic carbocycles. The molecule has 1 heterocycles. The number of nitrogens with zero attached hydrogens (tertiary/aromatic N) is 2. The second-order valence-electron chi connectivity index (χ2n) is 8.60. The van der Waals surface area contributed by atoms with Crippen LogP contribution in [0.2, 0.25) is 0 Å². The molecule has 1 saturated heterocycles. The quantitative estimate of drug-likeness (QED) is 0.543. The van der Waals surface area contributed by atoms with Crippen LogP contribution < -0.4 is 10.5 Å². The van der Waals surface area contributed by atoms with Crippen LogP contribution in [-0.4, -0.2) is 53.7 Å². The number of halogens is 3. The molecular weight excluding hydrogens is 487 g/mol. The van der Waals surface area contributed by atoms with Crippen LogP contribution in [-0.2, 0) is 0 Å². The minimum absolute atomic E-state index is 0.0907. The number of benzene rings is 3. The fourth-order valence-electron chi connectivity index (χ4n) is 4.11. The van der Waals surface area contributed by atoms with E-state index in [2.05, 4.69) is 0 Å². The van der Waals surface area contributed by atoms with Crippen LogP contribution in [0.1, 0.15) is 49.7 Å². The van der Waals surface area contributed by atoms with Gasteiger partial charge in [-0.25, -0.2) is 13.2 Å². The van der Waals surface area contributed by atoms with E-state index < -0.39 is 35.4 Å². The van der Waals surface area contributed by atoms with E-state index in [4.69, 9.17) is 10.5 Å². The maximum absolute atomic E-state index is 14.0. The fraction of sp³-hybridized carbons (Fsp3) is 0.222. The van der Waals surface area contributed by atoms with Crippen molar-refractivity contribution in [2.45, 2.75) is 13.0 Å². The first-order chi connectivity index (χ1) is 17.6. The summed E-state index contributed by atoms with van der Waals surface area (Å²) in [5.41, 5.74) is 6.06. The molecule has 10 heteroatoms. The summed E-state index contributed by atoms with van der Waals surface area (Å²) in [5, 5.41) is 0. The number of hydrogen-bond acceptors (Lipinski definition) is 4. The molecule has 0 spiro atoms. The van der Waals surface area contributed by atoms with Gasteiger partial charge in [-0.1, -0.05) is 12.1 Å². The fourth-order valence-corrected chi connectivity index (χ4v) is 4.11. The van der Waals surface area contributed by atoms with Crippen molar-refractivity contribution in [1.29, 1.82) is 0 Å². The Hall–Kier alpha value is -4.34. The van der Waals surface area contributed by atoms with Gasteiger partial charge in [0.2, 0.25) is 0 Å². The lowest BCUT2D eigenvalue weighted by molar-refractivity contribution is 0.0532. The summed E-state index contributed by atoms with van der Waals surface area (Å²) in [6.07, 6.45) is -0.587. The number of hydrogen-bond donors (Lipinski definition) is 1. The van der Waals surface area contributed by atoms with Gasteiger partial charge in [0.05, 0.1) is 11.1 Å². The van der Waals surface area contributed by atoms with E-state index in [1.165, 1.54) is 11.0 Å². The molecule has 0 radical (unpaired) electrons. The van der Waals surface area contributed by atoms with Gasteiger partial charge >= 0.3 is 0 Å². The molecule has 37 heavy (non-hydrogen) atoms. The molecule has 0 aromatic heterocycles. The summed E-state index contributed by atoms with van der Waals surface area (Å²) in [4.78, 5) is 40.4. The van der Waals surface area contributed by atoms with Crippen molar-refractivity contribution < 1.29 is 32.3 Å². The van der Waals surface area contributed by atoms with Gasteiger partial charge in [-0.05, 0) is 55.0 Å². The lowest BCUT2D eigenvalue weighted by Crippen LogP contribution is -2.50. The zero-order valence-corrected chi connectivity index (χ0v) is 19.9. The lowest BCUT2D eigenvalue weighted by Gasteiger charge is -2.35. The summed E-state index contributed by atoms with van der Waals surface area (Å²) in [6.45, 7) is 2.58. The van der Waals surface area contributed by atoms with Gasteiger partial charge in [0.1, 0.15) is 29.3 Å². The van der Waals surface area contributed by atoms with Crippen LogP contribution in [0.5, 0.6) is 5.75 Å². The molecule has 1 aliphatic heterocycles. The van der Waals surface area contributed by atoms with E-state index in [1.807, 2.05) is 0 Å². The third kappa shape index (κ3) is 5.74. The molecule has 1 atom stereocenters. The maximum Gasteiger partial charge on any atom is 0.256 e. The molecule has 1 aliphatic rings. The Bertz CT molecular complexity index is 1360. The minimum Gasteiger partial charge on any atom is -0.485 e. The largest absolute Gasteiger partial charge is 0.485 e. The molecule has 1 unspecified atom stereocenters. The number of primary amides is 1. The molecule has 0 saturated carbocycles. The molecule has 3 amide bonds. The Balaban J connectivity index is 1.41. The Morgan fingerprint density at radius 3 is 2.08 bits per heavy atom. The van der Waals surface area contributed by atoms with Gasteiger partial charge in [0.15, 0.2) is 0 Å². The van der Waals surface area contributed by atoms with Gasteiger partial charge in [0, 0.05) is 37.8 Å².